The number of rotatable bonds is 8. The molecule has 1 fully saturated rings. The van der Waals surface area contributed by atoms with Crippen LogP contribution in [0, 0.1) is 0 Å². The van der Waals surface area contributed by atoms with Crippen molar-refractivity contribution in [1.82, 2.24) is 10.6 Å². The average molecular weight is 441 g/mol. The monoisotopic (exact) mass is 440 g/mol. The minimum absolute atomic E-state index is 0.179. The standard InChI is InChI=1S/C23H21ClN2O5/c1-3-5-16-10-15(11-18-21(27)25-23(29)26-22(18)28)12-19(30-4-2)20(16)31-13-14-6-8-17(24)9-7-14/h3,6-12H,1,4-5,13H2,2H3,(H2,25,26,27,28,29). The third kappa shape index (κ3) is 5.52. The van der Waals surface area contributed by atoms with Gasteiger partial charge in [-0.2, -0.15) is 0 Å². The van der Waals surface area contributed by atoms with Crippen molar-refractivity contribution in [2.75, 3.05) is 6.61 Å². The third-order valence-electron chi connectivity index (χ3n) is 4.37. The van der Waals surface area contributed by atoms with Crippen LogP contribution in [0.3, 0.4) is 0 Å². The first kappa shape index (κ1) is 22.1. The van der Waals surface area contributed by atoms with Gasteiger partial charge in [-0.15, -0.1) is 6.58 Å². The van der Waals surface area contributed by atoms with Gasteiger partial charge in [-0.25, -0.2) is 4.79 Å². The van der Waals surface area contributed by atoms with E-state index in [9.17, 15) is 14.4 Å². The van der Waals surface area contributed by atoms with Crippen LogP contribution in [-0.4, -0.2) is 24.5 Å². The molecule has 2 aromatic rings. The summed E-state index contributed by atoms with van der Waals surface area (Å²) in [4.78, 5) is 35.4. The Kier molecular flexibility index (Phi) is 7.10. The van der Waals surface area contributed by atoms with Crippen LogP contribution in [0.4, 0.5) is 4.79 Å². The number of benzene rings is 2. The van der Waals surface area contributed by atoms with E-state index < -0.39 is 17.8 Å². The van der Waals surface area contributed by atoms with Crippen molar-refractivity contribution in [2.24, 2.45) is 0 Å². The Morgan fingerprint density at radius 3 is 2.32 bits per heavy atom. The summed E-state index contributed by atoms with van der Waals surface area (Å²) >= 11 is 5.93. The number of ether oxygens (including phenoxy) is 2. The minimum atomic E-state index is -0.847. The van der Waals surface area contributed by atoms with E-state index in [1.54, 1.807) is 30.3 Å². The average Bonchev–Trinajstić information content (AvgIpc) is 2.72. The van der Waals surface area contributed by atoms with Crippen molar-refractivity contribution < 1.29 is 23.9 Å². The SMILES string of the molecule is C=CCc1cc(C=C2C(=O)NC(=O)NC2=O)cc(OCC)c1OCc1ccc(Cl)cc1. The molecule has 1 heterocycles. The topological polar surface area (TPSA) is 93.7 Å². The van der Waals surface area contributed by atoms with Crippen LogP contribution < -0.4 is 20.1 Å². The largest absolute Gasteiger partial charge is 0.490 e. The molecule has 4 amide bonds. The third-order valence-corrected chi connectivity index (χ3v) is 4.62. The molecule has 0 atom stereocenters. The molecule has 0 spiro atoms. The molecule has 0 saturated carbocycles. The first-order valence-corrected chi connectivity index (χ1v) is 9.95. The van der Waals surface area contributed by atoms with E-state index in [-0.39, 0.29) is 5.57 Å². The van der Waals surface area contributed by atoms with Crippen molar-refractivity contribution in [2.45, 2.75) is 20.0 Å². The molecular weight excluding hydrogens is 420 g/mol. The first-order chi connectivity index (χ1) is 14.9. The second kappa shape index (κ2) is 9.95. The number of imide groups is 2. The minimum Gasteiger partial charge on any atom is -0.490 e. The maximum Gasteiger partial charge on any atom is 0.328 e. The van der Waals surface area contributed by atoms with Crippen LogP contribution in [0.2, 0.25) is 5.02 Å². The number of nitrogens with one attached hydrogen (secondary N) is 2. The van der Waals surface area contributed by atoms with Gasteiger partial charge in [0.15, 0.2) is 11.5 Å². The molecule has 1 aliphatic rings. The van der Waals surface area contributed by atoms with Crippen LogP contribution in [0.5, 0.6) is 11.5 Å². The lowest BCUT2D eigenvalue weighted by Gasteiger charge is -2.18. The zero-order valence-corrected chi connectivity index (χ0v) is 17.6. The van der Waals surface area contributed by atoms with E-state index in [0.717, 1.165) is 11.1 Å². The molecule has 160 valence electrons. The van der Waals surface area contributed by atoms with Crippen LogP contribution in [0.15, 0.2) is 54.6 Å². The quantitative estimate of drug-likeness (QED) is 0.370. The Bertz CT molecular complexity index is 1040. The van der Waals surface area contributed by atoms with Gasteiger partial charge in [-0.1, -0.05) is 29.8 Å². The number of allylic oxidation sites excluding steroid dienone is 1. The van der Waals surface area contributed by atoms with Gasteiger partial charge in [0.25, 0.3) is 11.8 Å². The summed E-state index contributed by atoms with van der Waals surface area (Å²) in [6, 6.07) is 9.93. The van der Waals surface area contributed by atoms with Gasteiger partial charge in [-0.3, -0.25) is 20.2 Å². The Labute approximate surface area is 184 Å². The van der Waals surface area contributed by atoms with Gasteiger partial charge >= 0.3 is 6.03 Å². The number of amides is 4. The van der Waals surface area contributed by atoms with Crippen molar-refractivity contribution in [3.63, 3.8) is 0 Å². The molecule has 0 aromatic heterocycles. The van der Waals surface area contributed by atoms with E-state index >= 15 is 0 Å². The number of carbonyl (C=O) groups is 3. The van der Waals surface area contributed by atoms with Crippen LogP contribution in [0.1, 0.15) is 23.6 Å². The molecule has 0 aliphatic carbocycles. The molecule has 2 aromatic carbocycles. The molecule has 7 nitrogen and oxygen atoms in total. The van der Waals surface area contributed by atoms with Crippen molar-refractivity contribution in [1.29, 1.82) is 0 Å². The Morgan fingerprint density at radius 2 is 1.71 bits per heavy atom. The predicted octanol–water partition coefficient (Wildman–Crippen LogP) is 3.80. The van der Waals surface area contributed by atoms with E-state index in [2.05, 4.69) is 17.2 Å². The summed E-state index contributed by atoms with van der Waals surface area (Å²) in [6.45, 7) is 6.32. The zero-order valence-electron chi connectivity index (χ0n) is 16.9. The second-order valence-corrected chi connectivity index (χ2v) is 7.08. The van der Waals surface area contributed by atoms with Gasteiger partial charge in [0.1, 0.15) is 12.2 Å². The summed E-state index contributed by atoms with van der Waals surface area (Å²) in [7, 11) is 0. The smallest absolute Gasteiger partial charge is 0.328 e. The van der Waals surface area contributed by atoms with Gasteiger partial charge in [0.2, 0.25) is 0 Å². The fourth-order valence-electron chi connectivity index (χ4n) is 3.01. The van der Waals surface area contributed by atoms with Crippen LogP contribution in [0.25, 0.3) is 6.08 Å². The highest BCUT2D eigenvalue weighted by Gasteiger charge is 2.28. The molecule has 0 bridgehead atoms. The number of hydrogen-bond acceptors (Lipinski definition) is 5. The lowest BCUT2D eigenvalue weighted by molar-refractivity contribution is -0.123. The summed E-state index contributed by atoms with van der Waals surface area (Å²) in [5.74, 6) is -0.512. The number of halogens is 1. The molecular formula is C23H21ClN2O5. The highest BCUT2D eigenvalue weighted by molar-refractivity contribution is 6.31. The van der Waals surface area contributed by atoms with E-state index in [1.807, 2.05) is 19.1 Å². The number of barbiturate groups is 1. The molecule has 31 heavy (non-hydrogen) atoms. The van der Waals surface area contributed by atoms with Crippen molar-refractivity contribution in [3.05, 3.63) is 76.3 Å². The maximum atomic E-state index is 12.0. The highest BCUT2D eigenvalue weighted by Crippen LogP contribution is 2.35. The molecule has 2 N–H and O–H groups in total. The molecule has 1 aliphatic heterocycles. The summed E-state index contributed by atoms with van der Waals surface area (Å²) in [6.07, 6.45) is 3.59. The number of hydrogen-bond donors (Lipinski definition) is 2. The fraction of sp³-hybridized carbons (Fsp3) is 0.174. The van der Waals surface area contributed by atoms with Crippen molar-refractivity contribution >= 4 is 35.5 Å². The molecule has 3 rings (SSSR count). The number of urea groups is 1. The van der Waals surface area contributed by atoms with E-state index in [0.29, 0.717) is 41.7 Å². The normalized spacial score (nSPS) is 13.4. The fourth-order valence-corrected chi connectivity index (χ4v) is 3.14. The van der Waals surface area contributed by atoms with Crippen molar-refractivity contribution in [3.8, 4) is 11.5 Å². The summed E-state index contributed by atoms with van der Waals surface area (Å²) in [5.41, 5.74) is 2.08. The molecule has 0 radical (unpaired) electrons. The zero-order chi connectivity index (χ0) is 22.4. The van der Waals surface area contributed by atoms with Crippen LogP contribution >= 0.6 is 11.6 Å². The van der Waals surface area contributed by atoms with E-state index in [1.165, 1.54) is 6.08 Å². The summed E-state index contributed by atoms with van der Waals surface area (Å²) < 4.78 is 11.8. The highest BCUT2D eigenvalue weighted by atomic mass is 35.5. The predicted molar refractivity (Wildman–Crippen MR) is 117 cm³/mol. The van der Waals surface area contributed by atoms with Gasteiger partial charge in [0.05, 0.1) is 6.61 Å². The lowest BCUT2D eigenvalue weighted by atomic mass is 10.0. The second-order valence-electron chi connectivity index (χ2n) is 6.64. The van der Waals surface area contributed by atoms with Crippen LogP contribution in [-0.2, 0) is 22.6 Å². The van der Waals surface area contributed by atoms with Gasteiger partial charge in [-0.05, 0) is 54.8 Å². The molecule has 0 unspecified atom stereocenters. The summed E-state index contributed by atoms with van der Waals surface area (Å²) in [5, 5.41) is 4.75. The Hall–Kier alpha value is -3.58. The lowest BCUT2D eigenvalue weighted by Crippen LogP contribution is -2.51. The number of carbonyl (C=O) groups excluding carboxylic acids is 3. The van der Waals surface area contributed by atoms with Gasteiger partial charge in [0, 0.05) is 10.6 Å². The van der Waals surface area contributed by atoms with Gasteiger partial charge < -0.3 is 9.47 Å². The maximum absolute atomic E-state index is 12.0. The van der Waals surface area contributed by atoms with E-state index in [4.69, 9.17) is 21.1 Å². The Morgan fingerprint density at radius 1 is 1.03 bits per heavy atom. The molecule has 8 heteroatoms. The molecule has 1 saturated heterocycles. The Balaban J connectivity index is 1.97. The first-order valence-electron chi connectivity index (χ1n) is 9.57.